The molecule has 1 heterocycles. The van der Waals surface area contributed by atoms with E-state index < -0.39 is 11.8 Å². The van der Waals surface area contributed by atoms with Gasteiger partial charge in [-0.25, -0.2) is 4.98 Å². The molecular weight excluding hydrogens is 414 g/mol. The number of nitrogens with one attached hydrogen (secondary N) is 1. The number of carbonyl (C=O) groups excluding carboxylic acids is 2. The number of carbonyl (C=O) groups is 2. The fourth-order valence-corrected chi connectivity index (χ4v) is 3.54. The average Bonchev–Trinajstić information content (AvgIpc) is 2.77. The van der Waals surface area contributed by atoms with Crippen molar-refractivity contribution in [2.45, 2.75) is 10.8 Å². The first-order chi connectivity index (χ1) is 15.0. The van der Waals surface area contributed by atoms with Gasteiger partial charge in [-0.1, -0.05) is 30.3 Å². The van der Waals surface area contributed by atoms with E-state index in [0.29, 0.717) is 22.2 Å². The van der Waals surface area contributed by atoms with Crippen LogP contribution in [0, 0.1) is 11.3 Å². The summed E-state index contributed by atoms with van der Waals surface area (Å²) >= 11 is 1.30. The summed E-state index contributed by atoms with van der Waals surface area (Å²) in [7, 11) is 0. The highest BCUT2D eigenvalue weighted by molar-refractivity contribution is 7.98. The van der Waals surface area contributed by atoms with E-state index in [4.69, 9.17) is 16.2 Å². The van der Waals surface area contributed by atoms with Gasteiger partial charge in [0.15, 0.2) is 6.61 Å². The van der Waals surface area contributed by atoms with E-state index in [0.717, 1.165) is 5.56 Å². The second kappa shape index (κ2) is 10.1. The maximum atomic E-state index is 12.5. The number of aromatic nitrogens is 1. The van der Waals surface area contributed by atoms with Crippen LogP contribution in [0.2, 0.25) is 0 Å². The number of nitriles is 1. The normalized spacial score (nSPS) is 10.2. The number of rotatable bonds is 8. The van der Waals surface area contributed by atoms with Crippen LogP contribution < -0.4 is 21.5 Å². The Hall–Kier alpha value is -4.03. The van der Waals surface area contributed by atoms with Crippen LogP contribution in [-0.2, 0) is 10.5 Å². The van der Waals surface area contributed by atoms with Gasteiger partial charge >= 0.3 is 0 Å². The lowest BCUT2D eigenvalue weighted by Gasteiger charge is -2.11. The lowest BCUT2D eigenvalue weighted by Crippen LogP contribution is -2.20. The fraction of sp³-hybridized carbons (Fsp3) is 0.0909. The summed E-state index contributed by atoms with van der Waals surface area (Å²) < 4.78 is 5.30. The van der Waals surface area contributed by atoms with Crippen molar-refractivity contribution in [1.82, 2.24) is 4.98 Å². The van der Waals surface area contributed by atoms with Crippen LogP contribution in [0.4, 0.5) is 11.5 Å². The molecule has 2 amide bonds. The quantitative estimate of drug-likeness (QED) is 0.463. The number of thioether (sulfide) groups is 1. The Balaban J connectivity index is 1.73. The van der Waals surface area contributed by atoms with Crippen molar-refractivity contribution in [1.29, 1.82) is 5.26 Å². The predicted molar refractivity (Wildman–Crippen MR) is 118 cm³/mol. The van der Waals surface area contributed by atoms with E-state index in [2.05, 4.69) is 16.4 Å². The maximum Gasteiger partial charge on any atom is 0.259 e. The van der Waals surface area contributed by atoms with E-state index in [9.17, 15) is 14.9 Å². The Morgan fingerprint density at radius 3 is 2.61 bits per heavy atom. The predicted octanol–water partition coefficient (Wildman–Crippen LogP) is 2.94. The summed E-state index contributed by atoms with van der Waals surface area (Å²) in [6, 6.07) is 19.6. The molecule has 3 aromatic rings. The molecule has 0 bridgehead atoms. The van der Waals surface area contributed by atoms with Crippen LogP contribution in [0.25, 0.3) is 0 Å². The van der Waals surface area contributed by atoms with Crippen LogP contribution in [-0.4, -0.2) is 23.4 Å². The Kier molecular flexibility index (Phi) is 7.09. The minimum absolute atomic E-state index is 0.0356. The molecule has 0 atom stereocenters. The lowest BCUT2D eigenvalue weighted by molar-refractivity contribution is -0.119. The van der Waals surface area contributed by atoms with Crippen molar-refractivity contribution in [3.8, 4) is 11.8 Å². The number of amides is 2. The molecular formula is C22H19N5O3S. The molecule has 0 aliphatic heterocycles. The molecule has 0 saturated carbocycles. The number of para-hydroxylation sites is 1. The second-order valence-corrected chi connectivity index (χ2v) is 7.36. The first-order valence-electron chi connectivity index (χ1n) is 9.16. The third-order valence-electron chi connectivity index (χ3n) is 4.07. The van der Waals surface area contributed by atoms with Crippen molar-refractivity contribution in [2.75, 3.05) is 17.7 Å². The summed E-state index contributed by atoms with van der Waals surface area (Å²) in [4.78, 5) is 27.7. The van der Waals surface area contributed by atoms with E-state index >= 15 is 0 Å². The van der Waals surface area contributed by atoms with Crippen LogP contribution in [0.3, 0.4) is 0 Å². The van der Waals surface area contributed by atoms with Gasteiger partial charge in [-0.15, -0.1) is 11.8 Å². The molecule has 0 fully saturated rings. The number of pyridine rings is 1. The molecule has 0 radical (unpaired) electrons. The molecule has 1 aromatic heterocycles. The SMILES string of the molecule is N#Cc1cc(C(=O)Nc2ccccc2)c(N)nc1SCc1cccc(OCC(N)=O)c1. The standard InChI is InChI=1S/C22H19N5O3S/c23-11-15-10-18(21(29)26-16-6-2-1-3-7-16)20(25)27-22(15)31-13-14-5-4-8-17(9-14)30-12-19(24)28/h1-10H,12-13H2,(H2,24,28)(H2,25,27)(H,26,29). The fourth-order valence-electron chi connectivity index (χ4n) is 2.63. The zero-order chi connectivity index (χ0) is 22.2. The Morgan fingerprint density at radius 2 is 1.90 bits per heavy atom. The Bertz CT molecular complexity index is 1150. The molecule has 8 nitrogen and oxygen atoms in total. The number of hydrogen-bond donors (Lipinski definition) is 3. The highest BCUT2D eigenvalue weighted by Crippen LogP contribution is 2.28. The summed E-state index contributed by atoms with van der Waals surface area (Å²) in [6.45, 7) is -0.209. The van der Waals surface area contributed by atoms with Crippen LogP contribution in [0.15, 0.2) is 65.7 Å². The molecule has 9 heteroatoms. The van der Waals surface area contributed by atoms with E-state index in [1.54, 1.807) is 42.5 Å². The monoisotopic (exact) mass is 433 g/mol. The zero-order valence-electron chi connectivity index (χ0n) is 16.4. The van der Waals surface area contributed by atoms with E-state index in [1.807, 2.05) is 12.1 Å². The topological polar surface area (TPSA) is 144 Å². The zero-order valence-corrected chi connectivity index (χ0v) is 17.2. The van der Waals surface area contributed by atoms with Gasteiger partial charge in [-0.3, -0.25) is 9.59 Å². The molecule has 0 saturated heterocycles. The number of anilines is 2. The maximum absolute atomic E-state index is 12.5. The van der Waals surface area contributed by atoms with Crippen molar-refractivity contribution in [2.24, 2.45) is 5.73 Å². The molecule has 0 aliphatic rings. The van der Waals surface area contributed by atoms with Crippen molar-refractivity contribution in [3.05, 3.63) is 77.4 Å². The van der Waals surface area contributed by atoms with Gasteiger partial charge in [-0.05, 0) is 35.9 Å². The molecule has 31 heavy (non-hydrogen) atoms. The third kappa shape index (κ3) is 5.98. The number of nitrogens with zero attached hydrogens (tertiary/aromatic N) is 2. The number of primary amides is 1. The first-order valence-corrected chi connectivity index (χ1v) is 10.1. The molecule has 2 aromatic carbocycles. The van der Waals surface area contributed by atoms with Gasteiger partial charge < -0.3 is 21.5 Å². The largest absolute Gasteiger partial charge is 0.484 e. The number of hydrogen-bond acceptors (Lipinski definition) is 7. The highest BCUT2D eigenvalue weighted by Gasteiger charge is 2.16. The summed E-state index contributed by atoms with van der Waals surface area (Å²) in [5.41, 5.74) is 13.0. The summed E-state index contributed by atoms with van der Waals surface area (Å²) in [5.74, 6) is 0.0223. The Morgan fingerprint density at radius 1 is 1.13 bits per heavy atom. The van der Waals surface area contributed by atoms with Crippen molar-refractivity contribution in [3.63, 3.8) is 0 Å². The minimum atomic E-state index is -0.561. The first kappa shape index (κ1) is 21.7. The molecule has 156 valence electrons. The number of benzene rings is 2. The third-order valence-corrected chi connectivity index (χ3v) is 5.13. The number of nitrogen functional groups attached to an aromatic ring is 1. The van der Waals surface area contributed by atoms with Crippen molar-refractivity contribution < 1.29 is 14.3 Å². The van der Waals surface area contributed by atoms with Crippen LogP contribution in [0.1, 0.15) is 21.5 Å². The van der Waals surface area contributed by atoms with Gasteiger partial charge in [0.25, 0.3) is 11.8 Å². The van der Waals surface area contributed by atoms with Crippen LogP contribution >= 0.6 is 11.8 Å². The average molecular weight is 433 g/mol. The highest BCUT2D eigenvalue weighted by atomic mass is 32.2. The number of nitrogens with two attached hydrogens (primary N) is 2. The van der Waals surface area contributed by atoms with Crippen molar-refractivity contribution >= 4 is 35.1 Å². The lowest BCUT2D eigenvalue weighted by atomic mass is 10.2. The van der Waals surface area contributed by atoms with Gasteiger partial charge in [0.05, 0.1) is 11.1 Å². The minimum Gasteiger partial charge on any atom is -0.484 e. The van der Waals surface area contributed by atoms with E-state index in [-0.39, 0.29) is 23.6 Å². The molecule has 5 N–H and O–H groups in total. The van der Waals surface area contributed by atoms with E-state index in [1.165, 1.54) is 17.8 Å². The van der Waals surface area contributed by atoms with Gasteiger partial charge in [0.1, 0.15) is 22.7 Å². The smallest absolute Gasteiger partial charge is 0.259 e. The van der Waals surface area contributed by atoms with Gasteiger partial charge in [0.2, 0.25) is 0 Å². The molecule has 0 unspecified atom stereocenters. The van der Waals surface area contributed by atoms with Gasteiger partial charge in [0, 0.05) is 11.4 Å². The summed E-state index contributed by atoms with van der Waals surface area (Å²) in [6.07, 6.45) is 0. The molecule has 3 rings (SSSR count). The molecule has 0 aliphatic carbocycles. The second-order valence-electron chi connectivity index (χ2n) is 6.40. The number of ether oxygens (including phenoxy) is 1. The van der Waals surface area contributed by atoms with Crippen LogP contribution in [0.5, 0.6) is 5.75 Å². The van der Waals surface area contributed by atoms with Gasteiger partial charge in [-0.2, -0.15) is 5.26 Å². The molecule has 0 spiro atoms. The Labute approximate surface area is 183 Å². The summed E-state index contributed by atoms with van der Waals surface area (Å²) in [5, 5.41) is 12.7.